The molecule has 0 bridgehead atoms. The van der Waals surface area contributed by atoms with E-state index in [4.69, 9.17) is 4.74 Å². The molecular weight excluding hydrogens is 406 g/mol. The molecule has 1 aromatic carbocycles. The summed E-state index contributed by atoms with van der Waals surface area (Å²) in [6.07, 6.45) is 5.57. The average Bonchev–Trinajstić information content (AvgIpc) is 2.71. The summed E-state index contributed by atoms with van der Waals surface area (Å²) >= 11 is 1.21. The molecule has 1 aromatic rings. The Labute approximate surface area is 180 Å². The molecule has 1 heterocycles. The van der Waals surface area contributed by atoms with E-state index in [0.717, 1.165) is 32.5 Å². The zero-order valence-electron chi connectivity index (χ0n) is 17.8. The minimum Gasteiger partial charge on any atom is -0.379 e. The van der Waals surface area contributed by atoms with E-state index in [1.54, 1.807) is 12.1 Å². The second-order valence-electron chi connectivity index (χ2n) is 7.64. The van der Waals surface area contributed by atoms with Gasteiger partial charge in [-0.05, 0) is 49.9 Å². The van der Waals surface area contributed by atoms with E-state index in [2.05, 4.69) is 11.8 Å². The average molecular weight is 442 g/mol. The van der Waals surface area contributed by atoms with Gasteiger partial charge in [0, 0.05) is 25.8 Å². The van der Waals surface area contributed by atoms with Gasteiger partial charge >= 0.3 is 0 Å². The summed E-state index contributed by atoms with van der Waals surface area (Å²) in [5.41, 5.74) is 1.19. The van der Waals surface area contributed by atoms with Crippen molar-refractivity contribution >= 4 is 26.7 Å². The molecule has 0 saturated carbocycles. The molecular formula is C22H35NO4S2. The first-order valence-corrected chi connectivity index (χ1v) is 13.2. The van der Waals surface area contributed by atoms with Crippen molar-refractivity contribution in [1.29, 1.82) is 0 Å². The quantitative estimate of drug-likeness (QED) is 0.458. The van der Waals surface area contributed by atoms with Gasteiger partial charge in [-0.3, -0.25) is 9.69 Å². The van der Waals surface area contributed by atoms with Gasteiger partial charge in [-0.15, -0.1) is 0 Å². The van der Waals surface area contributed by atoms with E-state index in [0.29, 0.717) is 36.7 Å². The van der Waals surface area contributed by atoms with Crippen molar-refractivity contribution in [1.82, 2.24) is 4.90 Å². The molecule has 7 heteroatoms. The van der Waals surface area contributed by atoms with Crippen LogP contribution in [0.15, 0.2) is 29.2 Å². The molecule has 29 heavy (non-hydrogen) atoms. The highest BCUT2D eigenvalue weighted by Crippen LogP contribution is 2.24. The minimum absolute atomic E-state index is 0.0331. The number of morpholine rings is 1. The normalized spacial score (nSPS) is 16.6. The maximum absolute atomic E-state index is 13.3. The van der Waals surface area contributed by atoms with Crippen molar-refractivity contribution in [2.45, 2.75) is 62.5 Å². The maximum atomic E-state index is 13.3. The summed E-state index contributed by atoms with van der Waals surface area (Å²) in [4.78, 5) is 14.0. The van der Waals surface area contributed by atoms with Gasteiger partial charge in [-0.2, -0.15) is 0 Å². The van der Waals surface area contributed by atoms with Gasteiger partial charge in [0.25, 0.3) is 0 Å². The Morgan fingerprint density at radius 1 is 1.14 bits per heavy atom. The molecule has 1 aliphatic heterocycles. The number of nitrogens with zero attached hydrogens (tertiary/aromatic N) is 1. The van der Waals surface area contributed by atoms with Gasteiger partial charge in [0.15, 0.2) is 15.0 Å². The van der Waals surface area contributed by atoms with Crippen LogP contribution < -0.4 is 0 Å². The fraction of sp³-hybridized carbons (Fsp3) is 0.682. The summed E-state index contributed by atoms with van der Waals surface area (Å²) < 4.78 is 32.0. The second-order valence-corrected chi connectivity index (χ2v) is 11.1. The molecule has 164 valence electrons. The first kappa shape index (κ1) is 24.4. The molecule has 2 rings (SSSR count). The van der Waals surface area contributed by atoms with Crippen LogP contribution in [-0.4, -0.2) is 62.3 Å². The largest absolute Gasteiger partial charge is 0.379 e. The molecule has 0 N–H and O–H groups in total. The second kappa shape index (κ2) is 12.7. The van der Waals surface area contributed by atoms with Crippen LogP contribution in [0.4, 0.5) is 0 Å². The number of benzene rings is 1. The van der Waals surface area contributed by atoms with Crippen LogP contribution in [0.1, 0.15) is 51.5 Å². The van der Waals surface area contributed by atoms with Gasteiger partial charge in [-0.25, -0.2) is 8.42 Å². The molecule has 1 fully saturated rings. The predicted molar refractivity (Wildman–Crippen MR) is 120 cm³/mol. The third-order valence-electron chi connectivity index (χ3n) is 5.38. The number of rotatable bonds is 12. The van der Waals surface area contributed by atoms with Gasteiger partial charge in [0.05, 0.1) is 23.4 Å². The van der Waals surface area contributed by atoms with E-state index >= 15 is 0 Å². The standard InChI is InChI=1S/C22H35NO4S2/c1-3-4-5-6-20-7-9-21(10-8-20)29(25,26)22(12-18-28-19(2)24)11-13-23-14-16-27-17-15-23/h7-10,22H,3-6,11-18H2,1-2H3. The number of carbonyl (C=O) groups is 1. The highest BCUT2D eigenvalue weighted by molar-refractivity contribution is 8.13. The van der Waals surface area contributed by atoms with Crippen LogP contribution in [-0.2, 0) is 25.8 Å². The molecule has 1 unspecified atom stereocenters. The van der Waals surface area contributed by atoms with E-state index in [1.807, 2.05) is 12.1 Å². The first-order valence-electron chi connectivity index (χ1n) is 10.7. The monoisotopic (exact) mass is 441 g/mol. The number of hydrogen-bond donors (Lipinski definition) is 0. The van der Waals surface area contributed by atoms with Crippen molar-refractivity contribution in [3.8, 4) is 0 Å². The Morgan fingerprint density at radius 3 is 2.45 bits per heavy atom. The fourth-order valence-electron chi connectivity index (χ4n) is 3.56. The lowest BCUT2D eigenvalue weighted by Crippen LogP contribution is -2.38. The predicted octanol–water partition coefficient (Wildman–Crippen LogP) is 3.95. The number of hydrogen-bond acceptors (Lipinski definition) is 6. The van der Waals surface area contributed by atoms with E-state index < -0.39 is 15.1 Å². The zero-order valence-corrected chi connectivity index (χ0v) is 19.4. The molecule has 1 aliphatic rings. The third-order valence-corrected chi connectivity index (χ3v) is 8.50. The summed E-state index contributed by atoms with van der Waals surface area (Å²) in [7, 11) is -3.42. The Hall–Kier alpha value is -0.890. The summed E-state index contributed by atoms with van der Waals surface area (Å²) in [6.45, 7) is 7.56. The Kier molecular flexibility index (Phi) is 10.7. The van der Waals surface area contributed by atoms with Crippen molar-refractivity contribution in [2.24, 2.45) is 0 Å². The van der Waals surface area contributed by atoms with Crippen molar-refractivity contribution in [3.05, 3.63) is 29.8 Å². The molecule has 0 radical (unpaired) electrons. The fourth-order valence-corrected chi connectivity index (χ4v) is 6.14. The molecule has 5 nitrogen and oxygen atoms in total. The van der Waals surface area contributed by atoms with Crippen LogP contribution >= 0.6 is 11.8 Å². The van der Waals surface area contributed by atoms with Crippen LogP contribution in [0, 0.1) is 0 Å². The lowest BCUT2D eigenvalue weighted by atomic mass is 10.1. The SMILES string of the molecule is CCCCCc1ccc(S(=O)(=O)C(CCSC(C)=O)CCN2CCOCC2)cc1. The Morgan fingerprint density at radius 2 is 1.83 bits per heavy atom. The Bertz CT molecular complexity index is 713. The molecule has 1 saturated heterocycles. The number of ether oxygens (including phenoxy) is 1. The van der Waals surface area contributed by atoms with Crippen LogP contribution in [0.2, 0.25) is 0 Å². The van der Waals surface area contributed by atoms with Gasteiger partial charge in [-0.1, -0.05) is 43.7 Å². The third kappa shape index (κ3) is 8.40. The first-order chi connectivity index (χ1) is 13.9. The maximum Gasteiger partial charge on any atom is 0.185 e. The number of thioether (sulfide) groups is 1. The lowest BCUT2D eigenvalue weighted by molar-refractivity contribution is -0.109. The molecule has 0 amide bonds. The van der Waals surface area contributed by atoms with Gasteiger partial charge in [0.2, 0.25) is 0 Å². The smallest absolute Gasteiger partial charge is 0.185 e. The minimum atomic E-state index is -3.42. The van der Waals surface area contributed by atoms with Crippen LogP contribution in [0.25, 0.3) is 0 Å². The van der Waals surface area contributed by atoms with Crippen molar-refractivity contribution in [3.63, 3.8) is 0 Å². The van der Waals surface area contributed by atoms with E-state index in [9.17, 15) is 13.2 Å². The topological polar surface area (TPSA) is 63.7 Å². The van der Waals surface area contributed by atoms with Crippen LogP contribution in [0.5, 0.6) is 0 Å². The Balaban J connectivity index is 2.05. The number of carbonyl (C=O) groups excluding carboxylic acids is 1. The van der Waals surface area contributed by atoms with Crippen molar-refractivity contribution in [2.75, 3.05) is 38.6 Å². The molecule has 0 spiro atoms. The highest BCUT2D eigenvalue weighted by Gasteiger charge is 2.28. The number of sulfone groups is 1. The summed E-state index contributed by atoms with van der Waals surface area (Å²) in [6, 6.07) is 7.42. The number of aryl methyl sites for hydroxylation is 1. The zero-order chi connectivity index (χ0) is 21.1. The summed E-state index contributed by atoms with van der Waals surface area (Å²) in [5, 5.41) is -0.436. The lowest BCUT2D eigenvalue weighted by Gasteiger charge is -2.28. The van der Waals surface area contributed by atoms with E-state index in [-0.39, 0.29) is 5.12 Å². The highest BCUT2D eigenvalue weighted by atomic mass is 32.2. The number of unbranched alkanes of at least 4 members (excludes halogenated alkanes) is 2. The van der Waals surface area contributed by atoms with Crippen molar-refractivity contribution < 1.29 is 17.9 Å². The molecule has 1 atom stereocenters. The van der Waals surface area contributed by atoms with Gasteiger partial charge < -0.3 is 4.74 Å². The van der Waals surface area contributed by atoms with E-state index in [1.165, 1.54) is 37.1 Å². The molecule has 0 aliphatic carbocycles. The molecule has 0 aromatic heterocycles. The van der Waals surface area contributed by atoms with Crippen LogP contribution in [0.3, 0.4) is 0 Å². The van der Waals surface area contributed by atoms with Gasteiger partial charge in [0.1, 0.15) is 0 Å². The summed E-state index contributed by atoms with van der Waals surface area (Å²) in [5.74, 6) is 0.539.